The zero-order valence-electron chi connectivity index (χ0n) is 15.8. The summed E-state index contributed by atoms with van der Waals surface area (Å²) in [6, 6.07) is 11.8. The van der Waals surface area contributed by atoms with Crippen LogP contribution >= 0.6 is 0 Å². The van der Waals surface area contributed by atoms with Gasteiger partial charge in [0.1, 0.15) is 5.75 Å². The lowest BCUT2D eigenvalue weighted by Gasteiger charge is -2.30. The van der Waals surface area contributed by atoms with E-state index in [0.717, 1.165) is 43.5 Å². The van der Waals surface area contributed by atoms with Gasteiger partial charge in [-0.05, 0) is 80.6 Å². The molecular formula is C21H24N2O4S. The first kappa shape index (κ1) is 18.8. The largest absolute Gasteiger partial charge is 0.494 e. The molecule has 28 heavy (non-hydrogen) atoms. The van der Waals surface area contributed by atoms with E-state index < -0.39 is 10.0 Å². The Hall–Kier alpha value is -2.54. The first-order valence-corrected chi connectivity index (χ1v) is 11.2. The van der Waals surface area contributed by atoms with Crippen molar-refractivity contribution in [1.82, 2.24) is 0 Å². The number of aryl methyl sites for hydroxylation is 1. The quantitative estimate of drug-likeness (QED) is 0.804. The maximum atomic E-state index is 12.7. The van der Waals surface area contributed by atoms with Gasteiger partial charge < -0.3 is 9.64 Å². The molecule has 1 saturated carbocycles. The summed E-state index contributed by atoms with van der Waals surface area (Å²) in [5, 5.41) is 0. The molecule has 2 aliphatic rings. The van der Waals surface area contributed by atoms with Crippen molar-refractivity contribution < 1.29 is 17.9 Å². The maximum absolute atomic E-state index is 12.7. The third kappa shape index (κ3) is 3.85. The van der Waals surface area contributed by atoms with Crippen molar-refractivity contribution in [3.63, 3.8) is 0 Å². The number of ether oxygens (including phenoxy) is 1. The third-order valence-electron chi connectivity index (χ3n) is 5.09. The second kappa shape index (κ2) is 7.47. The van der Waals surface area contributed by atoms with Crippen LogP contribution in [0.1, 0.15) is 31.7 Å². The number of hydrogen-bond donors (Lipinski definition) is 1. The second-order valence-electron chi connectivity index (χ2n) is 7.22. The third-order valence-corrected chi connectivity index (χ3v) is 6.49. The zero-order chi connectivity index (χ0) is 19.7. The number of nitrogens with zero attached hydrogens (tertiary/aromatic N) is 1. The summed E-state index contributed by atoms with van der Waals surface area (Å²) in [7, 11) is -3.69. The molecule has 1 aliphatic heterocycles. The van der Waals surface area contributed by atoms with Gasteiger partial charge >= 0.3 is 0 Å². The average Bonchev–Trinajstić information content (AvgIpc) is 3.52. The number of rotatable bonds is 6. The Bertz CT molecular complexity index is 982. The normalized spacial score (nSPS) is 16.4. The molecule has 0 saturated heterocycles. The molecule has 0 unspecified atom stereocenters. The molecule has 0 spiro atoms. The van der Waals surface area contributed by atoms with E-state index in [1.807, 2.05) is 24.0 Å². The topological polar surface area (TPSA) is 75.7 Å². The van der Waals surface area contributed by atoms with Crippen molar-refractivity contribution in [2.24, 2.45) is 5.92 Å². The van der Waals surface area contributed by atoms with Gasteiger partial charge in [-0.2, -0.15) is 0 Å². The van der Waals surface area contributed by atoms with Gasteiger partial charge in [-0.3, -0.25) is 9.52 Å². The molecule has 1 N–H and O–H groups in total. The van der Waals surface area contributed by atoms with Crippen LogP contribution in [0.2, 0.25) is 0 Å². The average molecular weight is 401 g/mol. The van der Waals surface area contributed by atoms with Gasteiger partial charge in [0.25, 0.3) is 10.0 Å². The Morgan fingerprint density at radius 2 is 1.93 bits per heavy atom. The van der Waals surface area contributed by atoms with Crippen LogP contribution in [0.5, 0.6) is 5.75 Å². The lowest BCUT2D eigenvalue weighted by atomic mass is 10.0. The smallest absolute Gasteiger partial charge is 0.261 e. The van der Waals surface area contributed by atoms with Crippen LogP contribution in [0.15, 0.2) is 47.4 Å². The standard InChI is InChI=1S/C21H24N2O4S/c1-2-27-18-8-10-19(11-9-18)28(25,26)22-17-7-12-20-16(14-17)4-3-13-23(20)21(24)15-5-6-15/h7-12,14-15,22H,2-6,13H2,1H3. The van der Waals surface area contributed by atoms with Crippen LogP contribution in [0.3, 0.4) is 0 Å². The molecule has 0 atom stereocenters. The van der Waals surface area contributed by atoms with Crippen molar-refractivity contribution >= 4 is 27.3 Å². The van der Waals surface area contributed by atoms with Gasteiger partial charge in [-0.1, -0.05) is 0 Å². The molecule has 2 aromatic carbocycles. The first-order chi connectivity index (χ1) is 13.5. The number of carbonyl (C=O) groups excluding carboxylic acids is 1. The van der Waals surface area contributed by atoms with E-state index in [0.29, 0.717) is 18.0 Å². The van der Waals surface area contributed by atoms with Gasteiger partial charge in [-0.25, -0.2) is 8.42 Å². The number of nitrogens with one attached hydrogen (secondary N) is 1. The predicted octanol–water partition coefficient (Wildman–Crippen LogP) is 3.58. The number of sulfonamides is 1. The van der Waals surface area contributed by atoms with Crippen LogP contribution in [0.4, 0.5) is 11.4 Å². The minimum Gasteiger partial charge on any atom is -0.494 e. The van der Waals surface area contributed by atoms with Gasteiger partial charge in [-0.15, -0.1) is 0 Å². The Labute approximate surface area is 165 Å². The van der Waals surface area contributed by atoms with Crippen molar-refractivity contribution in [2.45, 2.75) is 37.5 Å². The van der Waals surface area contributed by atoms with Gasteiger partial charge in [0.15, 0.2) is 0 Å². The van der Waals surface area contributed by atoms with E-state index in [2.05, 4.69) is 4.72 Å². The second-order valence-corrected chi connectivity index (χ2v) is 8.90. The maximum Gasteiger partial charge on any atom is 0.261 e. The lowest BCUT2D eigenvalue weighted by Crippen LogP contribution is -2.36. The number of carbonyl (C=O) groups is 1. The molecule has 148 valence electrons. The highest BCUT2D eigenvalue weighted by Crippen LogP contribution is 2.37. The van der Waals surface area contributed by atoms with E-state index in [1.54, 1.807) is 18.2 Å². The van der Waals surface area contributed by atoms with E-state index in [4.69, 9.17) is 4.74 Å². The van der Waals surface area contributed by atoms with Gasteiger partial charge in [0, 0.05) is 23.8 Å². The summed E-state index contributed by atoms with van der Waals surface area (Å²) in [4.78, 5) is 14.5. The molecule has 0 radical (unpaired) electrons. The number of benzene rings is 2. The summed E-state index contributed by atoms with van der Waals surface area (Å²) in [6.07, 6.45) is 3.68. The van der Waals surface area contributed by atoms with E-state index in [1.165, 1.54) is 12.1 Å². The van der Waals surface area contributed by atoms with Gasteiger partial charge in [0.2, 0.25) is 5.91 Å². The zero-order valence-corrected chi connectivity index (χ0v) is 16.7. The fraction of sp³-hybridized carbons (Fsp3) is 0.381. The summed E-state index contributed by atoms with van der Waals surface area (Å²) in [5.41, 5.74) is 2.42. The molecule has 1 heterocycles. The van der Waals surface area contributed by atoms with Crippen molar-refractivity contribution in [1.29, 1.82) is 0 Å². The van der Waals surface area contributed by atoms with Crippen molar-refractivity contribution in [2.75, 3.05) is 22.8 Å². The molecule has 1 fully saturated rings. The van der Waals surface area contributed by atoms with E-state index in [9.17, 15) is 13.2 Å². The summed E-state index contributed by atoms with van der Waals surface area (Å²) in [5.74, 6) is 1.00. The molecule has 6 nitrogen and oxygen atoms in total. The Morgan fingerprint density at radius 3 is 2.61 bits per heavy atom. The summed E-state index contributed by atoms with van der Waals surface area (Å²) in [6.45, 7) is 3.14. The fourth-order valence-electron chi connectivity index (χ4n) is 3.54. The number of amides is 1. The molecular weight excluding hydrogens is 376 g/mol. The van der Waals surface area contributed by atoms with Crippen LogP contribution in [0, 0.1) is 5.92 Å². The monoisotopic (exact) mass is 400 g/mol. The van der Waals surface area contributed by atoms with E-state index in [-0.39, 0.29) is 16.7 Å². The van der Waals surface area contributed by atoms with Crippen molar-refractivity contribution in [3.8, 4) is 5.75 Å². The molecule has 1 aliphatic carbocycles. The predicted molar refractivity (Wildman–Crippen MR) is 108 cm³/mol. The molecule has 2 aromatic rings. The van der Waals surface area contributed by atoms with Crippen LogP contribution in [-0.2, 0) is 21.2 Å². The molecule has 0 aromatic heterocycles. The Morgan fingerprint density at radius 1 is 1.18 bits per heavy atom. The number of fused-ring (bicyclic) bond motifs is 1. The van der Waals surface area contributed by atoms with Gasteiger partial charge in [0.05, 0.1) is 11.5 Å². The summed E-state index contributed by atoms with van der Waals surface area (Å²) < 4.78 is 33.4. The minimum absolute atomic E-state index is 0.170. The molecule has 4 rings (SSSR count). The first-order valence-electron chi connectivity index (χ1n) is 9.68. The minimum atomic E-state index is -3.69. The Kier molecular flexibility index (Phi) is 5.02. The Balaban J connectivity index is 1.54. The van der Waals surface area contributed by atoms with Crippen LogP contribution in [-0.4, -0.2) is 27.5 Å². The summed E-state index contributed by atoms with van der Waals surface area (Å²) >= 11 is 0. The van der Waals surface area contributed by atoms with E-state index >= 15 is 0 Å². The highest BCUT2D eigenvalue weighted by atomic mass is 32.2. The molecule has 7 heteroatoms. The van der Waals surface area contributed by atoms with Crippen LogP contribution < -0.4 is 14.4 Å². The molecule has 1 amide bonds. The van der Waals surface area contributed by atoms with Crippen LogP contribution in [0.25, 0.3) is 0 Å². The SMILES string of the molecule is CCOc1ccc(S(=O)(=O)Nc2ccc3c(c2)CCCN3C(=O)C2CC2)cc1. The fourth-order valence-corrected chi connectivity index (χ4v) is 4.59. The number of anilines is 2. The highest BCUT2D eigenvalue weighted by molar-refractivity contribution is 7.92. The highest BCUT2D eigenvalue weighted by Gasteiger charge is 2.35. The van der Waals surface area contributed by atoms with Crippen molar-refractivity contribution in [3.05, 3.63) is 48.0 Å². The number of hydrogen-bond acceptors (Lipinski definition) is 4. The molecule has 0 bridgehead atoms. The lowest BCUT2D eigenvalue weighted by molar-refractivity contribution is -0.119.